The maximum absolute atomic E-state index is 5.42. The van der Waals surface area contributed by atoms with E-state index in [0.29, 0.717) is 6.04 Å². The first kappa shape index (κ1) is 11.1. The van der Waals surface area contributed by atoms with E-state index in [-0.39, 0.29) is 0 Å². The molecule has 1 aromatic carbocycles. The third-order valence-electron chi connectivity index (χ3n) is 2.69. The summed E-state index contributed by atoms with van der Waals surface area (Å²) in [5.41, 5.74) is 1.39. The Morgan fingerprint density at radius 2 is 2.13 bits per heavy atom. The number of nitrogens with one attached hydrogen (secondary N) is 1. The van der Waals surface area contributed by atoms with Crippen LogP contribution in [0.4, 0.5) is 0 Å². The van der Waals surface area contributed by atoms with Gasteiger partial charge < -0.3 is 10.1 Å². The highest BCUT2D eigenvalue weighted by Gasteiger charge is 2.12. The Hall–Kier alpha value is -0.380. The Morgan fingerprint density at radius 3 is 2.80 bits per heavy atom. The van der Waals surface area contributed by atoms with Crippen LogP contribution in [0, 0.1) is 0 Å². The van der Waals surface area contributed by atoms with Crippen molar-refractivity contribution in [3.05, 3.63) is 34.3 Å². The van der Waals surface area contributed by atoms with Crippen LogP contribution in [0.2, 0.25) is 0 Å². The number of rotatable bonds is 3. The molecule has 1 unspecified atom stereocenters. The maximum atomic E-state index is 5.42. The van der Waals surface area contributed by atoms with E-state index in [1.165, 1.54) is 5.56 Å². The summed E-state index contributed by atoms with van der Waals surface area (Å²) in [5, 5.41) is 3.47. The number of halogens is 1. The van der Waals surface area contributed by atoms with Crippen molar-refractivity contribution in [1.29, 1.82) is 0 Å². The van der Waals surface area contributed by atoms with Crippen LogP contribution in [0.3, 0.4) is 0 Å². The number of hydrogen-bond acceptors (Lipinski definition) is 2. The molecule has 0 spiro atoms. The lowest BCUT2D eigenvalue weighted by molar-refractivity contribution is 0.0743. The third kappa shape index (κ3) is 3.59. The normalized spacial score (nSPS) is 21.5. The molecule has 3 heteroatoms. The lowest BCUT2D eigenvalue weighted by Gasteiger charge is -2.23. The Labute approximate surface area is 99.1 Å². The standard InChI is InChI=1S/C12H16BrNO/c13-11-4-1-10(2-5-11)3-6-12-9-15-8-7-14-12/h1-2,4-5,12,14H,3,6-9H2. The van der Waals surface area contributed by atoms with Crippen LogP contribution in [0.1, 0.15) is 12.0 Å². The van der Waals surface area contributed by atoms with Crippen LogP contribution in [0.25, 0.3) is 0 Å². The van der Waals surface area contributed by atoms with E-state index in [9.17, 15) is 0 Å². The molecule has 82 valence electrons. The lowest BCUT2D eigenvalue weighted by Crippen LogP contribution is -2.41. The molecule has 2 nitrogen and oxygen atoms in total. The van der Waals surface area contributed by atoms with Gasteiger partial charge in [0.15, 0.2) is 0 Å². The number of ether oxygens (including phenoxy) is 1. The van der Waals surface area contributed by atoms with Crippen LogP contribution >= 0.6 is 15.9 Å². The van der Waals surface area contributed by atoms with Crippen molar-refractivity contribution < 1.29 is 4.74 Å². The van der Waals surface area contributed by atoms with Crippen molar-refractivity contribution in [1.82, 2.24) is 5.32 Å². The summed E-state index contributed by atoms with van der Waals surface area (Å²) in [5.74, 6) is 0. The van der Waals surface area contributed by atoms with Crippen LogP contribution in [0.15, 0.2) is 28.7 Å². The predicted octanol–water partition coefficient (Wildman–Crippen LogP) is 2.37. The van der Waals surface area contributed by atoms with Gasteiger partial charge in [-0.3, -0.25) is 0 Å². The molecule has 0 aliphatic carbocycles. The van der Waals surface area contributed by atoms with Gasteiger partial charge in [-0.25, -0.2) is 0 Å². The second-order valence-corrected chi connectivity index (χ2v) is 4.81. The number of morpholine rings is 1. The van der Waals surface area contributed by atoms with Crippen LogP contribution in [-0.2, 0) is 11.2 Å². The Balaban J connectivity index is 1.79. The highest BCUT2D eigenvalue weighted by Crippen LogP contribution is 2.13. The van der Waals surface area contributed by atoms with Gasteiger partial charge in [0.1, 0.15) is 0 Å². The van der Waals surface area contributed by atoms with Crippen LogP contribution < -0.4 is 5.32 Å². The molecule has 1 atom stereocenters. The first-order valence-electron chi connectivity index (χ1n) is 5.40. The summed E-state index contributed by atoms with van der Waals surface area (Å²) < 4.78 is 6.56. The fourth-order valence-electron chi connectivity index (χ4n) is 1.80. The minimum absolute atomic E-state index is 0.530. The van der Waals surface area contributed by atoms with E-state index in [1.807, 2.05) is 0 Å². The van der Waals surface area contributed by atoms with Gasteiger partial charge in [-0.1, -0.05) is 28.1 Å². The van der Waals surface area contributed by atoms with Crippen molar-refractivity contribution in [2.24, 2.45) is 0 Å². The first-order valence-corrected chi connectivity index (χ1v) is 6.19. The Morgan fingerprint density at radius 1 is 1.33 bits per heavy atom. The SMILES string of the molecule is Brc1ccc(CCC2COCCN2)cc1. The summed E-state index contributed by atoms with van der Waals surface area (Å²) in [7, 11) is 0. The van der Waals surface area contributed by atoms with Gasteiger partial charge in [0.05, 0.1) is 13.2 Å². The van der Waals surface area contributed by atoms with Crippen LogP contribution in [0.5, 0.6) is 0 Å². The minimum Gasteiger partial charge on any atom is -0.379 e. The van der Waals surface area contributed by atoms with Gasteiger partial charge in [0.2, 0.25) is 0 Å². The van der Waals surface area contributed by atoms with E-state index in [2.05, 4.69) is 45.5 Å². The molecule has 0 aromatic heterocycles. The van der Waals surface area contributed by atoms with Crippen molar-refractivity contribution >= 4 is 15.9 Å². The third-order valence-corrected chi connectivity index (χ3v) is 3.22. The molecule has 0 saturated carbocycles. The summed E-state index contributed by atoms with van der Waals surface area (Å²) in [6, 6.07) is 9.07. The molecule has 1 saturated heterocycles. The topological polar surface area (TPSA) is 21.3 Å². The van der Waals surface area contributed by atoms with Crippen molar-refractivity contribution in [3.8, 4) is 0 Å². The first-order chi connectivity index (χ1) is 7.34. The molecule has 0 radical (unpaired) electrons. The van der Waals surface area contributed by atoms with Crippen molar-refractivity contribution in [3.63, 3.8) is 0 Å². The number of benzene rings is 1. The molecule has 1 aliphatic heterocycles. The van der Waals surface area contributed by atoms with E-state index in [4.69, 9.17) is 4.74 Å². The van der Waals surface area contributed by atoms with Gasteiger partial charge in [-0.2, -0.15) is 0 Å². The van der Waals surface area contributed by atoms with Crippen molar-refractivity contribution in [2.45, 2.75) is 18.9 Å². The summed E-state index contributed by atoms with van der Waals surface area (Å²) in [6.07, 6.45) is 2.27. The molecule has 0 bridgehead atoms. The monoisotopic (exact) mass is 269 g/mol. The van der Waals surface area contributed by atoms with Gasteiger partial charge in [-0.15, -0.1) is 0 Å². The van der Waals surface area contributed by atoms with Crippen molar-refractivity contribution in [2.75, 3.05) is 19.8 Å². The molecule has 0 amide bonds. The second-order valence-electron chi connectivity index (χ2n) is 3.89. The molecule has 1 heterocycles. The Bertz CT molecular complexity index is 293. The van der Waals surface area contributed by atoms with Gasteiger partial charge >= 0.3 is 0 Å². The van der Waals surface area contributed by atoms with Crippen LogP contribution in [-0.4, -0.2) is 25.8 Å². The number of aryl methyl sites for hydroxylation is 1. The van der Waals surface area contributed by atoms with E-state index in [0.717, 1.165) is 37.1 Å². The minimum atomic E-state index is 0.530. The fourth-order valence-corrected chi connectivity index (χ4v) is 2.06. The molecular formula is C12H16BrNO. The smallest absolute Gasteiger partial charge is 0.0620 e. The van der Waals surface area contributed by atoms with E-state index < -0.39 is 0 Å². The molecule has 1 aromatic rings. The largest absolute Gasteiger partial charge is 0.379 e. The zero-order valence-electron chi connectivity index (χ0n) is 8.71. The average molecular weight is 270 g/mol. The summed E-state index contributed by atoms with van der Waals surface area (Å²) in [4.78, 5) is 0. The quantitative estimate of drug-likeness (QED) is 0.910. The van der Waals surface area contributed by atoms with Gasteiger partial charge in [0.25, 0.3) is 0 Å². The lowest BCUT2D eigenvalue weighted by atomic mass is 10.1. The highest BCUT2D eigenvalue weighted by atomic mass is 79.9. The summed E-state index contributed by atoms with van der Waals surface area (Å²) >= 11 is 3.44. The zero-order chi connectivity index (χ0) is 10.5. The second kappa shape index (κ2) is 5.64. The average Bonchev–Trinajstić information content (AvgIpc) is 2.30. The zero-order valence-corrected chi connectivity index (χ0v) is 10.3. The molecule has 1 aliphatic rings. The predicted molar refractivity (Wildman–Crippen MR) is 65.1 cm³/mol. The molecule has 1 N–H and O–H groups in total. The van der Waals surface area contributed by atoms with E-state index >= 15 is 0 Å². The summed E-state index contributed by atoms with van der Waals surface area (Å²) in [6.45, 7) is 2.70. The van der Waals surface area contributed by atoms with E-state index in [1.54, 1.807) is 0 Å². The Kier molecular flexibility index (Phi) is 4.18. The molecular weight excluding hydrogens is 254 g/mol. The maximum Gasteiger partial charge on any atom is 0.0620 e. The number of hydrogen-bond donors (Lipinski definition) is 1. The highest BCUT2D eigenvalue weighted by molar-refractivity contribution is 9.10. The fraction of sp³-hybridized carbons (Fsp3) is 0.500. The van der Waals surface area contributed by atoms with Gasteiger partial charge in [-0.05, 0) is 30.5 Å². The van der Waals surface area contributed by atoms with Gasteiger partial charge in [0, 0.05) is 17.1 Å². The molecule has 15 heavy (non-hydrogen) atoms. The molecule has 2 rings (SSSR count). The molecule has 1 fully saturated rings.